The summed E-state index contributed by atoms with van der Waals surface area (Å²) in [5.41, 5.74) is 2.43. The molecule has 0 aliphatic rings. The third-order valence-corrected chi connectivity index (χ3v) is 3.78. The number of rotatable bonds is 4. The van der Waals surface area contributed by atoms with Crippen molar-refractivity contribution >= 4 is 28.9 Å². The number of thiocarbonyl (C=S) groups is 1. The Morgan fingerprint density at radius 2 is 1.84 bits per heavy atom. The van der Waals surface area contributed by atoms with E-state index in [1.807, 2.05) is 13.0 Å². The maximum absolute atomic E-state index is 12.4. The Bertz CT molecular complexity index is 821. The van der Waals surface area contributed by atoms with Crippen LogP contribution < -0.4 is 20.1 Å². The van der Waals surface area contributed by atoms with Crippen LogP contribution in [0.5, 0.6) is 17.2 Å². The minimum Gasteiger partial charge on any atom is -0.505 e. The summed E-state index contributed by atoms with van der Waals surface area (Å²) in [6.45, 7) is 3.69. The van der Waals surface area contributed by atoms with Crippen molar-refractivity contribution in [1.29, 1.82) is 0 Å². The molecule has 0 aliphatic carbocycles. The monoisotopic (exact) mass is 360 g/mol. The first-order valence-electron chi connectivity index (χ1n) is 7.50. The molecular formula is C18H20N2O4S. The van der Waals surface area contributed by atoms with Gasteiger partial charge in [0.25, 0.3) is 5.91 Å². The number of amides is 1. The average molecular weight is 360 g/mol. The van der Waals surface area contributed by atoms with Crippen molar-refractivity contribution in [2.45, 2.75) is 13.8 Å². The second-order valence-corrected chi connectivity index (χ2v) is 5.86. The topological polar surface area (TPSA) is 79.8 Å². The Morgan fingerprint density at radius 1 is 1.12 bits per heavy atom. The smallest absolute Gasteiger partial charge is 0.261 e. The first kappa shape index (κ1) is 18.5. The summed E-state index contributed by atoms with van der Waals surface area (Å²) < 4.78 is 10.3. The lowest BCUT2D eigenvalue weighted by molar-refractivity contribution is 0.0974. The molecule has 0 fully saturated rings. The molecule has 0 unspecified atom stereocenters. The van der Waals surface area contributed by atoms with Crippen LogP contribution in [0.4, 0.5) is 5.69 Å². The summed E-state index contributed by atoms with van der Waals surface area (Å²) >= 11 is 5.17. The predicted molar refractivity (Wildman–Crippen MR) is 101 cm³/mol. The van der Waals surface area contributed by atoms with Crippen molar-refractivity contribution in [2.24, 2.45) is 0 Å². The van der Waals surface area contributed by atoms with Crippen LogP contribution in [0.1, 0.15) is 21.5 Å². The minimum absolute atomic E-state index is 0.0724. The van der Waals surface area contributed by atoms with E-state index in [1.165, 1.54) is 14.2 Å². The number of methoxy groups -OCH3 is 2. The lowest BCUT2D eigenvalue weighted by atomic mass is 10.1. The molecule has 3 N–H and O–H groups in total. The van der Waals surface area contributed by atoms with Gasteiger partial charge >= 0.3 is 0 Å². The number of aryl methyl sites for hydroxylation is 2. The van der Waals surface area contributed by atoms with E-state index in [2.05, 4.69) is 10.6 Å². The van der Waals surface area contributed by atoms with Crippen LogP contribution in [-0.4, -0.2) is 30.3 Å². The van der Waals surface area contributed by atoms with E-state index in [-0.39, 0.29) is 10.9 Å². The molecule has 2 aromatic rings. The van der Waals surface area contributed by atoms with Gasteiger partial charge in [-0.1, -0.05) is 6.07 Å². The van der Waals surface area contributed by atoms with Gasteiger partial charge in [0.05, 0.1) is 25.5 Å². The molecule has 0 atom stereocenters. The number of carbonyl (C=O) groups is 1. The molecular weight excluding hydrogens is 340 g/mol. The van der Waals surface area contributed by atoms with E-state index in [4.69, 9.17) is 21.7 Å². The zero-order valence-corrected chi connectivity index (χ0v) is 15.3. The number of hydrogen-bond acceptors (Lipinski definition) is 5. The highest BCUT2D eigenvalue weighted by Crippen LogP contribution is 2.28. The van der Waals surface area contributed by atoms with E-state index in [0.717, 1.165) is 5.56 Å². The van der Waals surface area contributed by atoms with Gasteiger partial charge in [-0.15, -0.1) is 0 Å². The Morgan fingerprint density at radius 3 is 2.48 bits per heavy atom. The molecule has 1 amide bonds. The molecule has 0 saturated carbocycles. The third-order valence-electron chi connectivity index (χ3n) is 3.57. The molecule has 0 heterocycles. The highest BCUT2D eigenvalue weighted by molar-refractivity contribution is 7.80. The van der Waals surface area contributed by atoms with Crippen molar-refractivity contribution < 1.29 is 19.4 Å². The lowest BCUT2D eigenvalue weighted by Gasteiger charge is -2.14. The van der Waals surface area contributed by atoms with Crippen LogP contribution >= 0.6 is 12.2 Å². The molecule has 132 valence electrons. The minimum atomic E-state index is -0.430. The van der Waals surface area contributed by atoms with Crippen LogP contribution in [0.15, 0.2) is 30.3 Å². The zero-order chi connectivity index (χ0) is 18.6. The fraction of sp³-hybridized carbons (Fsp3) is 0.222. The quantitative estimate of drug-likeness (QED) is 0.574. The zero-order valence-electron chi connectivity index (χ0n) is 14.5. The lowest BCUT2D eigenvalue weighted by Crippen LogP contribution is -2.34. The van der Waals surface area contributed by atoms with Crippen molar-refractivity contribution in [3.63, 3.8) is 0 Å². The van der Waals surface area contributed by atoms with Gasteiger partial charge in [-0.05, 0) is 55.4 Å². The number of anilines is 1. The number of carbonyl (C=O) groups excluding carboxylic acids is 1. The van der Waals surface area contributed by atoms with Crippen LogP contribution in [-0.2, 0) is 0 Å². The molecule has 0 spiro atoms. The maximum Gasteiger partial charge on any atom is 0.261 e. The van der Waals surface area contributed by atoms with Crippen molar-refractivity contribution in [2.75, 3.05) is 19.5 Å². The van der Waals surface area contributed by atoms with Crippen LogP contribution in [0, 0.1) is 13.8 Å². The number of phenolic OH excluding ortho intramolecular Hbond substituents is 1. The van der Waals surface area contributed by atoms with Gasteiger partial charge in [0.15, 0.2) is 5.11 Å². The van der Waals surface area contributed by atoms with Gasteiger partial charge in [0.2, 0.25) is 0 Å². The van der Waals surface area contributed by atoms with Gasteiger partial charge in [-0.2, -0.15) is 0 Å². The van der Waals surface area contributed by atoms with Crippen molar-refractivity contribution in [3.8, 4) is 17.2 Å². The third kappa shape index (κ3) is 4.39. The molecule has 0 aliphatic heterocycles. The second kappa shape index (κ2) is 7.85. The average Bonchev–Trinajstić information content (AvgIpc) is 2.58. The summed E-state index contributed by atoms with van der Waals surface area (Å²) in [6, 6.07) is 8.45. The Hall–Kier alpha value is -2.80. The summed E-state index contributed by atoms with van der Waals surface area (Å²) in [7, 11) is 3.00. The van der Waals surface area contributed by atoms with Crippen LogP contribution in [0.2, 0.25) is 0 Å². The van der Waals surface area contributed by atoms with Gasteiger partial charge in [0.1, 0.15) is 17.2 Å². The Labute approximate surface area is 151 Å². The van der Waals surface area contributed by atoms with E-state index >= 15 is 0 Å². The van der Waals surface area contributed by atoms with Gasteiger partial charge in [-0.3, -0.25) is 10.1 Å². The summed E-state index contributed by atoms with van der Waals surface area (Å²) in [5.74, 6) is 0.605. The number of hydrogen-bond donors (Lipinski definition) is 3. The number of benzene rings is 2. The highest BCUT2D eigenvalue weighted by atomic mass is 32.1. The van der Waals surface area contributed by atoms with Crippen LogP contribution in [0.3, 0.4) is 0 Å². The Kier molecular flexibility index (Phi) is 5.82. The SMILES string of the molecule is COc1ccc(C(=O)NC(=S)Nc2cc(C)cc(C)c2O)c(OC)c1. The molecule has 2 rings (SSSR count). The molecule has 6 nitrogen and oxygen atoms in total. The molecule has 0 saturated heterocycles. The van der Waals surface area contributed by atoms with Gasteiger partial charge in [-0.25, -0.2) is 0 Å². The first-order valence-corrected chi connectivity index (χ1v) is 7.91. The summed E-state index contributed by atoms with van der Waals surface area (Å²) in [4.78, 5) is 12.4. The van der Waals surface area contributed by atoms with E-state index in [0.29, 0.717) is 28.3 Å². The molecule has 7 heteroatoms. The number of phenols is 1. The molecule has 0 bridgehead atoms. The molecule has 0 radical (unpaired) electrons. The summed E-state index contributed by atoms with van der Waals surface area (Å²) in [6.07, 6.45) is 0. The van der Waals surface area contributed by atoms with E-state index < -0.39 is 5.91 Å². The standard InChI is InChI=1S/C18H20N2O4S/c1-10-7-11(2)16(21)14(8-10)19-18(25)20-17(22)13-6-5-12(23-3)9-15(13)24-4/h5-9,21H,1-4H3,(H2,19,20,22,25). The molecule has 0 aromatic heterocycles. The second-order valence-electron chi connectivity index (χ2n) is 5.45. The highest BCUT2D eigenvalue weighted by Gasteiger charge is 2.15. The van der Waals surface area contributed by atoms with Crippen molar-refractivity contribution in [3.05, 3.63) is 47.0 Å². The molecule has 25 heavy (non-hydrogen) atoms. The van der Waals surface area contributed by atoms with Gasteiger partial charge < -0.3 is 19.9 Å². The summed E-state index contributed by atoms with van der Waals surface area (Å²) in [5, 5.41) is 15.6. The van der Waals surface area contributed by atoms with Crippen molar-refractivity contribution in [1.82, 2.24) is 5.32 Å². The first-order chi connectivity index (χ1) is 11.8. The van der Waals surface area contributed by atoms with E-state index in [9.17, 15) is 9.90 Å². The maximum atomic E-state index is 12.4. The number of aromatic hydroxyl groups is 1. The predicted octanol–water partition coefficient (Wildman–Crippen LogP) is 3.15. The fourth-order valence-corrected chi connectivity index (χ4v) is 2.57. The van der Waals surface area contributed by atoms with Crippen LogP contribution in [0.25, 0.3) is 0 Å². The Balaban J connectivity index is 2.15. The normalized spacial score (nSPS) is 10.1. The number of ether oxygens (including phenoxy) is 2. The van der Waals surface area contributed by atoms with E-state index in [1.54, 1.807) is 31.2 Å². The fourth-order valence-electron chi connectivity index (χ4n) is 2.37. The number of nitrogens with one attached hydrogen (secondary N) is 2. The van der Waals surface area contributed by atoms with Gasteiger partial charge in [0, 0.05) is 6.07 Å². The largest absolute Gasteiger partial charge is 0.505 e. The molecule has 2 aromatic carbocycles.